The Morgan fingerprint density at radius 1 is 1.32 bits per heavy atom. The number of rotatable bonds is 2. The van der Waals surface area contributed by atoms with Crippen molar-refractivity contribution in [1.82, 2.24) is 4.98 Å². The summed E-state index contributed by atoms with van der Waals surface area (Å²) in [6, 6.07) is 3.59. The van der Waals surface area contributed by atoms with Crippen molar-refractivity contribution in [3.05, 3.63) is 12.1 Å². The third kappa shape index (κ3) is 2.16. The molecule has 1 aliphatic carbocycles. The minimum atomic E-state index is -0.416. The van der Waals surface area contributed by atoms with Crippen LogP contribution in [0.5, 0.6) is 5.75 Å². The van der Waals surface area contributed by atoms with Crippen LogP contribution in [0, 0.1) is 5.92 Å². The molecule has 1 saturated heterocycles. The minimum Gasteiger partial charge on any atom is -0.480 e. The highest BCUT2D eigenvalue weighted by atomic mass is 16.6. The maximum atomic E-state index is 12.1. The smallest absolute Gasteiger partial charge is 0.415 e. The number of amides is 2. The van der Waals surface area contributed by atoms with E-state index in [4.69, 9.17) is 15.2 Å². The molecule has 22 heavy (non-hydrogen) atoms. The van der Waals surface area contributed by atoms with Gasteiger partial charge >= 0.3 is 6.09 Å². The van der Waals surface area contributed by atoms with E-state index < -0.39 is 6.09 Å². The Balaban J connectivity index is 1.53. The first kappa shape index (κ1) is 13.3. The zero-order valence-corrected chi connectivity index (χ0v) is 11.8. The summed E-state index contributed by atoms with van der Waals surface area (Å²) in [6.07, 6.45) is 1.21. The molecule has 3 heterocycles. The molecule has 8 heteroatoms. The molecule has 1 unspecified atom stereocenters. The van der Waals surface area contributed by atoms with E-state index in [-0.39, 0.29) is 24.7 Å². The van der Waals surface area contributed by atoms with Crippen molar-refractivity contribution in [2.45, 2.75) is 25.0 Å². The highest BCUT2D eigenvalue weighted by molar-refractivity contribution is 5.95. The van der Waals surface area contributed by atoms with Gasteiger partial charge in [-0.2, -0.15) is 0 Å². The third-order valence-electron chi connectivity index (χ3n) is 4.31. The Kier molecular flexibility index (Phi) is 2.93. The number of pyridine rings is 1. The lowest BCUT2D eigenvalue weighted by Gasteiger charge is -2.35. The third-order valence-corrected chi connectivity index (χ3v) is 4.31. The van der Waals surface area contributed by atoms with E-state index in [0.29, 0.717) is 29.8 Å². The van der Waals surface area contributed by atoms with Gasteiger partial charge in [0.2, 0.25) is 0 Å². The monoisotopic (exact) mass is 304 g/mol. The van der Waals surface area contributed by atoms with Crippen LogP contribution in [0.25, 0.3) is 0 Å². The average Bonchev–Trinajstić information content (AvgIpc) is 2.84. The molecule has 116 valence electrons. The Labute approximate surface area is 126 Å². The van der Waals surface area contributed by atoms with Crippen LogP contribution in [0.2, 0.25) is 0 Å². The number of carbonyl (C=O) groups is 2. The normalized spacial score (nSPS) is 30.0. The van der Waals surface area contributed by atoms with Crippen molar-refractivity contribution in [3.63, 3.8) is 0 Å². The SMILES string of the molecule is N[C@H]1C[C@H](C2CN(c3ccc4c(n3)NC(=O)CO4)C(=O)O2)C1. The molecule has 1 atom stereocenters. The second-order valence-corrected chi connectivity index (χ2v) is 5.88. The fourth-order valence-corrected chi connectivity index (χ4v) is 3.03. The van der Waals surface area contributed by atoms with Gasteiger partial charge in [-0.1, -0.05) is 0 Å². The number of carbonyl (C=O) groups excluding carboxylic acids is 2. The van der Waals surface area contributed by atoms with Gasteiger partial charge in [-0.25, -0.2) is 9.78 Å². The Bertz CT molecular complexity index is 644. The average molecular weight is 304 g/mol. The predicted octanol–water partition coefficient (Wildman–Crippen LogP) is 0.475. The second-order valence-electron chi connectivity index (χ2n) is 5.88. The van der Waals surface area contributed by atoms with Crippen LogP contribution in [0.4, 0.5) is 16.4 Å². The van der Waals surface area contributed by atoms with Crippen molar-refractivity contribution in [3.8, 4) is 5.75 Å². The van der Waals surface area contributed by atoms with Gasteiger partial charge in [0, 0.05) is 12.0 Å². The van der Waals surface area contributed by atoms with Crippen molar-refractivity contribution in [2.24, 2.45) is 11.7 Å². The first-order chi connectivity index (χ1) is 10.6. The van der Waals surface area contributed by atoms with E-state index in [0.717, 1.165) is 12.8 Å². The summed E-state index contributed by atoms with van der Waals surface area (Å²) < 4.78 is 10.7. The van der Waals surface area contributed by atoms with Crippen LogP contribution in [0.1, 0.15) is 12.8 Å². The van der Waals surface area contributed by atoms with Crippen molar-refractivity contribution in [1.29, 1.82) is 0 Å². The van der Waals surface area contributed by atoms with Gasteiger partial charge in [0.05, 0.1) is 6.54 Å². The summed E-state index contributed by atoms with van der Waals surface area (Å²) >= 11 is 0. The maximum absolute atomic E-state index is 12.1. The maximum Gasteiger partial charge on any atom is 0.415 e. The molecular formula is C14H16N4O4. The van der Waals surface area contributed by atoms with Crippen LogP contribution in [-0.4, -0.2) is 42.3 Å². The summed E-state index contributed by atoms with van der Waals surface area (Å²) in [5, 5.41) is 2.63. The molecular weight excluding hydrogens is 288 g/mol. The van der Waals surface area contributed by atoms with Crippen molar-refractivity contribution >= 4 is 23.6 Å². The quantitative estimate of drug-likeness (QED) is 0.822. The summed E-state index contributed by atoms with van der Waals surface area (Å²) in [5.74, 6) is 1.33. The largest absolute Gasteiger partial charge is 0.480 e. The number of ether oxygens (including phenoxy) is 2. The molecule has 8 nitrogen and oxygen atoms in total. The van der Waals surface area contributed by atoms with Gasteiger partial charge < -0.3 is 20.5 Å². The van der Waals surface area contributed by atoms with Crippen LogP contribution in [0.3, 0.4) is 0 Å². The second kappa shape index (κ2) is 4.84. The standard InChI is InChI=1S/C14H16N4O4/c15-8-3-7(4-8)10-5-18(14(20)22-10)11-2-1-9-13(16-11)17-12(19)6-21-9/h1-2,7-8,10H,3-6,15H2,(H,16,17,19)/t7-,8-,10?. The first-order valence-electron chi connectivity index (χ1n) is 7.27. The van der Waals surface area contributed by atoms with E-state index in [1.807, 2.05) is 0 Å². The summed E-state index contributed by atoms with van der Waals surface area (Å²) in [5.41, 5.74) is 5.79. The molecule has 0 bridgehead atoms. The topological polar surface area (TPSA) is 107 Å². The van der Waals surface area contributed by atoms with Gasteiger partial charge in [-0.05, 0) is 25.0 Å². The Morgan fingerprint density at radius 3 is 2.91 bits per heavy atom. The number of nitrogens with two attached hydrogens (primary N) is 1. The van der Waals surface area contributed by atoms with Gasteiger partial charge in [0.15, 0.2) is 18.2 Å². The van der Waals surface area contributed by atoms with Gasteiger partial charge in [-0.15, -0.1) is 0 Å². The lowest BCUT2D eigenvalue weighted by atomic mass is 9.77. The molecule has 3 N–H and O–H groups in total. The van der Waals surface area contributed by atoms with Crippen molar-refractivity contribution in [2.75, 3.05) is 23.4 Å². The lowest BCUT2D eigenvalue weighted by Crippen LogP contribution is -2.43. The fraction of sp³-hybridized carbons (Fsp3) is 0.500. The zero-order valence-electron chi connectivity index (χ0n) is 11.8. The van der Waals surface area contributed by atoms with E-state index in [9.17, 15) is 9.59 Å². The number of anilines is 2. The van der Waals surface area contributed by atoms with Crippen LogP contribution >= 0.6 is 0 Å². The highest BCUT2D eigenvalue weighted by Gasteiger charge is 2.42. The van der Waals surface area contributed by atoms with E-state index in [2.05, 4.69) is 10.3 Å². The zero-order chi connectivity index (χ0) is 15.3. The number of hydrogen-bond acceptors (Lipinski definition) is 6. The fourth-order valence-electron chi connectivity index (χ4n) is 3.03. The number of hydrogen-bond donors (Lipinski definition) is 2. The molecule has 2 aliphatic heterocycles. The van der Waals surface area contributed by atoms with Gasteiger partial charge in [0.25, 0.3) is 5.91 Å². The summed E-state index contributed by atoms with van der Waals surface area (Å²) in [4.78, 5) is 29.2. The summed E-state index contributed by atoms with van der Waals surface area (Å²) in [6.45, 7) is 0.431. The van der Waals surface area contributed by atoms with E-state index in [1.165, 1.54) is 4.90 Å². The molecule has 3 aliphatic rings. The molecule has 1 saturated carbocycles. The van der Waals surface area contributed by atoms with Crippen LogP contribution < -0.4 is 20.7 Å². The lowest BCUT2D eigenvalue weighted by molar-refractivity contribution is -0.118. The number of nitrogens with zero attached hydrogens (tertiary/aromatic N) is 2. The van der Waals surface area contributed by atoms with Crippen LogP contribution in [-0.2, 0) is 9.53 Å². The van der Waals surface area contributed by atoms with Gasteiger partial charge in [0.1, 0.15) is 11.9 Å². The number of nitrogens with one attached hydrogen (secondary N) is 1. The van der Waals surface area contributed by atoms with E-state index in [1.54, 1.807) is 12.1 Å². The summed E-state index contributed by atoms with van der Waals surface area (Å²) in [7, 11) is 0. The molecule has 0 aromatic carbocycles. The van der Waals surface area contributed by atoms with E-state index >= 15 is 0 Å². The van der Waals surface area contributed by atoms with Gasteiger partial charge in [-0.3, -0.25) is 9.69 Å². The number of cyclic esters (lactones) is 1. The molecule has 2 fully saturated rings. The molecule has 1 aromatic heterocycles. The van der Waals surface area contributed by atoms with Crippen LogP contribution in [0.15, 0.2) is 12.1 Å². The Morgan fingerprint density at radius 2 is 2.14 bits per heavy atom. The highest BCUT2D eigenvalue weighted by Crippen LogP contribution is 2.36. The number of aromatic nitrogens is 1. The molecule has 2 amide bonds. The predicted molar refractivity (Wildman–Crippen MR) is 76.7 cm³/mol. The van der Waals surface area contributed by atoms with Crippen molar-refractivity contribution < 1.29 is 19.1 Å². The molecule has 4 rings (SSSR count). The number of fused-ring (bicyclic) bond motifs is 1. The molecule has 1 aromatic rings. The molecule has 0 spiro atoms. The Hall–Kier alpha value is -2.35. The first-order valence-corrected chi connectivity index (χ1v) is 7.27. The molecule has 0 radical (unpaired) electrons. The minimum absolute atomic E-state index is 0.0240.